The minimum absolute atomic E-state index is 0.0615. The number of ether oxygens (including phenoxy) is 1. The number of likely N-dealkylation sites (N-methyl/N-ethyl adjacent to an activating group) is 1. The van der Waals surface area contributed by atoms with Gasteiger partial charge >= 0.3 is 5.69 Å². The van der Waals surface area contributed by atoms with E-state index in [1.165, 1.54) is 10.9 Å². The van der Waals surface area contributed by atoms with Crippen LogP contribution in [-0.4, -0.2) is 75.6 Å². The summed E-state index contributed by atoms with van der Waals surface area (Å²) in [5.41, 5.74) is 8.40. The number of hydrogen-bond acceptors (Lipinski definition) is 7. The molecule has 1 aromatic carbocycles. The van der Waals surface area contributed by atoms with E-state index in [4.69, 9.17) is 10.5 Å². The highest BCUT2D eigenvalue weighted by atomic mass is 16.5. The van der Waals surface area contributed by atoms with Crippen molar-refractivity contribution in [2.75, 3.05) is 46.6 Å². The summed E-state index contributed by atoms with van der Waals surface area (Å²) < 4.78 is 8.60. The number of aryl methyl sites for hydroxylation is 1. The van der Waals surface area contributed by atoms with Crippen LogP contribution in [0.25, 0.3) is 16.9 Å². The highest BCUT2D eigenvalue weighted by Gasteiger charge is 2.31. The molecule has 0 unspecified atom stereocenters. The molecule has 2 N–H and O–H groups in total. The molecule has 0 bridgehead atoms. The zero-order valence-electron chi connectivity index (χ0n) is 19.4. The van der Waals surface area contributed by atoms with E-state index >= 15 is 0 Å². The molecule has 1 fully saturated rings. The number of nitrogens with two attached hydrogens (primary N) is 1. The van der Waals surface area contributed by atoms with Gasteiger partial charge in [-0.15, -0.1) is 0 Å². The molecule has 10 nitrogen and oxygen atoms in total. The van der Waals surface area contributed by atoms with Crippen LogP contribution in [0.3, 0.4) is 0 Å². The zero-order valence-corrected chi connectivity index (χ0v) is 19.4. The first kappa shape index (κ1) is 22.5. The van der Waals surface area contributed by atoms with Gasteiger partial charge in [-0.2, -0.15) is 0 Å². The van der Waals surface area contributed by atoms with E-state index in [1.807, 2.05) is 44.1 Å². The summed E-state index contributed by atoms with van der Waals surface area (Å²) in [4.78, 5) is 38.5. The standard InChI is InChI=1S/C23H29N7O3/c1-15-7-8-16(12-18(15)33-4)29-20-21(24)25-14-26-22(20)30(23(29)32)17-9-11-28(13-17)19(31)6-5-10-27(2)3/h5-8,12,14,17H,9-11,13H2,1-4H3,(H2,24,25,26)/t17-/m1/s1. The number of imidazole rings is 1. The van der Waals surface area contributed by atoms with Crippen LogP contribution in [0.15, 0.2) is 41.5 Å². The fourth-order valence-corrected chi connectivity index (χ4v) is 4.21. The van der Waals surface area contributed by atoms with Crippen LogP contribution in [0.2, 0.25) is 0 Å². The van der Waals surface area contributed by atoms with Gasteiger partial charge in [0.2, 0.25) is 5.91 Å². The highest BCUT2D eigenvalue weighted by molar-refractivity contribution is 5.88. The van der Waals surface area contributed by atoms with Crippen LogP contribution in [0, 0.1) is 6.92 Å². The molecule has 1 aliphatic rings. The van der Waals surface area contributed by atoms with Gasteiger partial charge in [-0.3, -0.25) is 13.9 Å². The van der Waals surface area contributed by atoms with Gasteiger partial charge in [0.05, 0.1) is 18.8 Å². The molecule has 0 radical (unpaired) electrons. The molecule has 174 valence electrons. The predicted octanol–water partition coefficient (Wildman–Crippen LogP) is 1.37. The van der Waals surface area contributed by atoms with Crippen molar-refractivity contribution in [1.82, 2.24) is 28.9 Å². The van der Waals surface area contributed by atoms with Crippen molar-refractivity contribution >= 4 is 22.9 Å². The number of aromatic nitrogens is 4. The maximum Gasteiger partial charge on any atom is 0.335 e. The summed E-state index contributed by atoms with van der Waals surface area (Å²) in [7, 11) is 5.48. The average molecular weight is 452 g/mol. The van der Waals surface area contributed by atoms with Crippen LogP contribution in [0.1, 0.15) is 18.0 Å². The number of anilines is 1. The summed E-state index contributed by atoms with van der Waals surface area (Å²) in [5.74, 6) is 0.819. The number of benzene rings is 1. The third kappa shape index (κ3) is 4.21. The van der Waals surface area contributed by atoms with Gasteiger partial charge in [0.1, 0.15) is 17.6 Å². The molecule has 33 heavy (non-hydrogen) atoms. The normalized spacial score (nSPS) is 16.4. The molecule has 3 heterocycles. The molecule has 1 amide bonds. The summed E-state index contributed by atoms with van der Waals surface area (Å²) in [6, 6.07) is 5.32. The molecule has 4 rings (SSSR count). The van der Waals surface area contributed by atoms with Crippen molar-refractivity contribution in [3.8, 4) is 11.4 Å². The Morgan fingerprint density at radius 3 is 2.85 bits per heavy atom. The number of methoxy groups -OCH3 is 1. The number of carbonyl (C=O) groups excluding carboxylic acids is 1. The fourth-order valence-electron chi connectivity index (χ4n) is 4.21. The Morgan fingerprint density at radius 2 is 2.12 bits per heavy atom. The number of nitrogen functional groups attached to an aromatic ring is 1. The van der Waals surface area contributed by atoms with Crippen LogP contribution < -0.4 is 16.2 Å². The molecule has 2 aromatic heterocycles. The molecule has 0 spiro atoms. The monoisotopic (exact) mass is 451 g/mol. The SMILES string of the molecule is COc1cc(-n2c(=O)n([C@@H]3CCN(C(=O)C=CCN(C)C)C3)c3ncnc(N)c32)ccc1C. The van der Waals surface area contributed by atoms with E-state index in [-0.39, 0.29) is 23.5 Å². The number of carbonyl (C=O) groups is 1. The highest BCUT2D eigenvalue weighted by Crippen LogP contribution is 2.29. The number of nitrogens with zero attached hydrogens (tertiary/aromatic N) is 6. The molecule has 3 aromatic rings. The van der Waals surface area contributed by atoms with Crippen molar-refractivity contribution in [2.45, 2.75) is 19.4 Å². The summed E-state index contributed by atoms with van der Waals surface area (Å²) in [6.07, 6.45) is 5.43. The van der Waals surface area contributed by atoms with Gasteiger partial charge in [-0.05, 0) is 39.1 Å². The molecule has 1 saturated heterocycles. The van der Waals surface area contributed by atoms with E-state index < -0.39 is 0 Å². The quantitative estimate of drug-likeness (QED) is 0.564. The van der Waals surface area contributed by atoms with E-state index in [2.05, 4.69) is 9.97 Å². The molecule has 1 aliphatic heterocycles. The van der Waals surface area contributed by atoms with Crippen LogP contribution in [0.5, 0.6) is 5.75 Å². The van der Waals surface area contributed by atoms with Crippen molar-refractivity contribution in [3.63, 3.8) is 0 Å². The Hall–Kier alpha value is -3.66. The van der Waals surface area contributed by atoms with Crippen LogP contribution >= 0.6 is 0 Å². The molecule has 1 atom stereocenters. The van der Waals surface area contributed by atoms with Crippen LogP contribution in [-0.2, 0) is 4.79 Å². The maximum atomic E-state index is 13.7. The van der Waals surface area contributed by atoms with Gasteiger partial charge in [0.15, 0.2) is 11.5 Å². The minimum Gasteiger partial charge on any atom is -0.496 e. The minimum atomic E-state index is -0.273. The van der Waals surface area contributed by atoms with Crippen molar-refractivity contribution in [1.29, 1.82) is 0 Å². The van der Waals surface area contributed by atoms with Gasteiger partial charge in [-0.25, -0.2) is 14.8 Å². The first-order valence-corrected chi connectivity index (χ1v) is 10.8. The van der Waals surface area contributed by atoms with Gasteiger partial charge in [0, 0.05) is 31.8 Å². The van der Waals surface area contributed by atoms with Gasteiger partial charge in [-0.1, -0.05) is 12.1 Å². The van der Waals surface area contributed by atoms with E-state index in [0.717, 1.165) is 5.56 Å². The lowest BCUT2D eigenvalue weighted by molar-refractivity contribution is -0.125. The fraction of sp³-hybridized carbons (Fsp3) is 0.391. The second kappa shape index (κ2) is 9.07. The van der Waals surface area contributed by atoms with Gasteiger partial charge < -0.3 is 20.3 Å². The van der Waals surface area contributed by atoms with Crippen LogP contribution in [0.4, 0.5) is 5.82 Å². The third-order valence-corrected chi connectivity index (χ3v) is 5.90. The summed E-state index contributed by atoms with van der Waals surface area (Å²) in [5, 5.41) is 0. The first-order valence-electron chi connectivity index (χ1n) is 10.8. The molecule has 0 saturated carbocycles. The Kier molecular flexibility index (Phi) is 6.19. The largest absolute Gasteiger partial charge is 0.496 e. The summed E-state index contributed by atoms with van der Waals surface area (Å²) in [6.45, 7) is 3.61. The molecular weight excluding hydrogens is 422 g/mol. The Bertz CT molecular complexity index is 1280. The smallest absolute Gasteiger partial charge is 0.335 e. The zero-order chi connectivity index (χ0) is 23.7. The number of fused-ring (bicyclic) bond motifs is 1. The number of hydrogen-bond donors (Lipinski definition) is 1. The second-order valence-corrected chi connectivity index (χ2v) is 8.46. The lowest BCUT2D eigenvalue weighted by atomic mass is 10.2. The number of rotatable bonds is 6. The van der Waals surface area contributed by atoms with Crippen molar-refractivity contribution in [2.24, 2.45) is 0 Å². The van der Waals surface area contributed by atoms with Crippen molar-refractivity contribution < 1.29 is 9.53 Å². The van der Waals surface area contributed by atoms with E-state index in [0.29, 0.717) is 48.7 Å². The van der Waals surface area contributed by atoms with E-state index in [1.54, 1.807) is 28.7 Å². The Balaban J connectivity index is 1.74. The van der Waals surface area contributed by atoms with Gasteiger partial charge in [0.25, 0.3) is 0 Å². The lowest BCUT2D eigenvalue weighted by Crippen LogP contribution is -2.31. The number of likely N-dealkylation sites (tertiary alicyclic amines) is 1. The second-order valence-electron chi connectivity index (χ2n) is 8.46. The summed E-state index contributed by atoms with van der Waals surface area (Å²) >= 11 is 0. The first-order chi connectivity index (χ1) is 15.8. The third-order valence-electron chi connectivity index (χ3n) is 5.90. The maximum absolute atomic E-state index is 13.7. The average Bonchev–Trinajstić information content (AvgIpc) is 3.37. The molecule has 0 aliphatic carbocycles. The lowest BCUT2D eigenvalue weighted by Gasteiger charge is -2.15. The Morgan fingerprint density at radius 1 is 1.33 bits per heavy atom. The predicted molar refractivity (Wildman–Crippen MR) is 127 cm³/mol. The topological polar surface area (TPSA) is 112 Å². The Labute approximate surface area is 191 Å². The molecule has 10 heteroatoms. The van der Waals surface area contributed by atoms with E-state index in [9.17, 15) is 9.59 Å². The van der Waals surface area contributed by atoms with Crippen molar-refractivity contribution in [3.05, 3.63) is 52.7 Å². The number of amides is 1. The molecular formula is C23H29N7O3.